The zero-order valence-electron chi connectivity index (χ0n) is 42.8. The summed E-state index contributed by atoms with van der Waals surface area (Å²) in [7, 11) is 0. The summed E-state index contributed by atoms with van der Waals surface area (Å²) in [6, 6.07) is 12.8. The first-order chi connectivity index (χ1) is 37.3. The maximum absolute atomic E-state index is 17.3. The van der Waals surface area contributed by atoms with Crippen LogP contribution in [0.5, 0.6) is 6.01 Å². The number of anilines is 2. The van der Waals surface area contributed by atoms with Crippen LogP contribution in [0.2, 0.25) is 0 Å². The van der Waals surface area contributed by atoms with Crippen LogP contribution in [0.3, 0.4) is 0 Å². The molecule has 4 unspecified atom stereocenters. The monoisotopic (exact) mass is 1050 g/mol. The van der Waals surface area contributed by atoms with Gasteiger partial charge in [0.1, 0.15) is 28.9 Å². The normalized spacial score (nSPS) is 25.4. The number of halogens is 2. The lowest BCUT2D eigenvalue weighted by atomic mass is 9.75. The number of aromatic nitrogens is 3. The number of nitrogens with one attached hydrogen (secondary N) is 3. The Labute approximate surface area is 444 Å². The third-order valence-corrected chi connectivity index (χ3v) is 17.3. The van der Waals surface area contributed by atoms with Crippen LogP contribution in [0.25, 0.3) is 32.9 Å². The maximum atomic E-state index is 17.3. The van der Waals surface area contributed by atoms with Crippen LogP contribution >= 0.6 is 0 Å². The molecule has 6 atom stereocenters. The van der Waals surface area contributed by atoms with E-state index in [1.54, 1.807) is 47.5 Å². The Balaban J connectivity index is 0.670. The molecule has 4 saturated heterocycles. The summed E-state index contributed by atoms with van der Waals surface area (Å²) >= 11 is 0. The minimum Gasteiger partial charge on any atom is -0.463 e. The highest BCUT2D eigenvalue weighted by atomic mass is 19.1. The lowest BCUT2D eigenvalue weighted by Gasteiger charge is -2.35. The number of hydrogen-bond acceptors (Lipinski definition) is 14. The fraction of sp³-hybridized carbons (Fsp3) is 0.448. The van der Waals surface area contributed by atoms with E-state index in [9.17, 15) is 24.0 Å². The standard InChI is InChI=1S/C58H60F2N10O7/c1-3-40-45(59)14-8-35-5-4-6-42(48(35)40)50-49(60)51-44(28-62-50)52(69-29-38-10-11-39(30-69)63-38)66-56(65-51)77-32-58-18-17-34(7-9-36(58)25-33(2)27-58)31-76-57(75)68-23-21-67(22-24-68)20-19-61-37-12-13-41-43(26-37)55(74)70(54(41)73)46-15-16-47(71)64-53(46)72/h1,4-6,8,12-14,26,28,34,36,38-39,46,61,63H,2,7,9-11,15-25,27,29-32H2,(H,64,71,72)/t34-,36?,38?,39?,46?,58-/m0/s1. The number of ether oxygens (including phenoxy) is 2. The van der Waals surface area contributed by atoms with Gasteiger partial charge in [0.05, 0.1) is 35.3 Å². The van der Waals surface area contributed by atoms with Gasteiger partial charge in [0.15, 0.2) is 5.82 Å². The number of carbonyl (C=O) groups is 5. The van der Waals surface area contributed by atoms with Crippen LogP contribution in [0.15, 0.2) is 66.9 Å². The highest BCUT2D eigenvalue weighted by Gasteiger charge is 2.48. The quantitative estimate of drug-likeness (QED) is 0.0669. The second-order valence-electron chi connectivity index (χ2n) is 22.0. The van der Waals surface area contributed by atoms with Crippen LogP contribution in [0.4, 0.5) is 25.1 Å². The van der Waals surface area contributed by atoms with Crippen molar-refractivity contribution in [2.45, 2.75) is 82.3 Å². The van der Waals surface area contributed by atoms with Crippen molar-refractivity contribution in [2.24, 2.45) is 17.3 Å². The van der Waals surface area contributed by atoms with E-state index in [4.69, 9.17) is 25.9 Å². The molecule has 2 aliphatic carbocycles. The number of hydrogen-bond donors (Lipinski definition) is 3. The van der Waals surface area contributed by atoms with Crippen LogP contribution in [0, 0.1) is 41.2 Å². The number of imide groups is 2. The van der Waals surface area contributed by atoms with E-state index in [1.807, 2.05) is 6.07 Å². The first-order valence-electron chi connectivity index (χ1n) is 26.9. The Kier molecular flexibility index (Phi) is 13.3. The van der Waals surface area contributed by atoms with Crippen LogP contribution in [0.1, 0.15) is 90.5 Å². The lowest BCUT2D eigenvalue weighted by Crippen LogP contribution is -2.54. The highest BCUT2D eigenvalue weighted by molar-refractivity contribution is 6.23. The molecule has 5 aliphatic heterocycles. The van der Waals surface area contributed by atoms with E-state index < -0.39 is 41.3 Å². The van der Waals surface area contributed by atoms with E-state index >= 15 is 8.78 Å². The van der Waals surface area contributed by atoms with Gasteiger partial charge in [-0.25, -0.2) is 13.6 Å². The van der Waals surface area contributed by atoms with Gasteiger partial charge in [-0.05, 0) is 99.3 Å². The third-order valence-electron chi connectivity index (χ3n) is 17.3. The van der Waals surface area contributed by atoms with Crippen molar-refractivity contribution in [3.05, 3.63) is 95.2 Å². The second kappa shape index (κ2) is 20.4. The van der Waals surface area contributed by atoms with Gasteiger partial charge in [0.2, 0.25) is 11.8 Å². The van der Waals surface area contributed by atoms with Gasteiger partial charge in [0.25, 0.3) is 11.8 Å². The van der Waals surface area contributed by atoms with Crippen LogP contribution < -0.4 is 25.6 Å². The molecule has 2 aromatic heterocycles. The largest absolute Gasteiger partial charge is 0.463 e. The molecule has 7 heterocycles. The smallest absolute Gasteiger partial charge is 0.409 e. The first-order valence-corrected chi connectivity index (χ1v) is 26.9. The summed E-state index contributed by atoms with van der Waals surface area (Å²) in [6.07, 6.45) is 14.4. The number of terminal acetylenes is 1. The number of piperazine rings is 2. The number of pyridine rings is 1. The minimum atomic E-state index is -1.02. The number of benzene rings is 3. The summed E-state index contributed by atoms with van der Waals surface area (Å²) in [5, 5.41) is 10.8. The number of fused-ring (bicyclic) bond motifs is 6. The van der Waals surface area contributed by atoms with Crippen LogP contribution in [-0.2, 0) is 14.3 Å². The molecule has 77 heavy (non-hydrogen) atoms. The van der Waals surface area contributed by atoms with Crippen molar-refractivity contribution in [1.29, 1.82) is 0 Å². The average molecular weight is 1050 g/mol. The predicted molar refractivity (Wildman–Crippen MR) is 283 cm³/mol. The van der Waals surface area contributed by atoms with Crippen molar-refractivity contribution in [2.75, 3.05) is 75.8 Å². The molecule has 5 amide bonds. The Morgan fingerprint density at radius 3 is 2.52 bits per heavy atom. The number of piperidine rings is 1. The van der Waals surface area contributed by atoms with E-state index in [-0.39, 0.29) is 82.2 Å². The molecule has 7 aliphatic rings. The van der Waals surface area contributed by atoms with Gasteiger partial charge in [0, 0.05) is 99.1 Å². The fourth-order valence-electron chi connectivity index (χ4n) is 13.2. The van der Waals surface area contributed by atoms with Crippen molar-refractivity contribution in [3.8, 4) is 29.6 Å². The van der Waals surface area contributed by atoms with Gasteiger partial charge < -0.3 is 29.9 Å². The van der Waals surface area contributed by atoms with Crippen molar-refractivity contribution in [1.82, 2.24) is 40.3 Å². The zero-order valence-corrected chi connectivity index (χ0v) is 42.8. The van der Waals surface area contributed by atoms with Gasteiger partial charge in [-0.3, -0.25) is 39.3 Å². The Morgan fingerprint density at radius 1 is 0.922 bits per heavy atom. The van der Waals surface area contributed by atoms with Gasteiger partial charge >= 0.3 is 12.1 Å². The van der Waals surface area contributed by atoms with Crippen molar-refractivity contribution in [3.63, 3.8) is 0 Å². The molecule has 12 rings (SSSR count). The fourth-order valence-corrected chi connectivity index (χ4v) is 13.2. The Hall–Kier alpha value is -7.56. The molecule has 0 radical (unpaired) electrons. The number of nitrogens with zero attached hydrogens (tertiary/aromatic N) is 7. The second-order valence-corrected chi connectivity index (χ2v) is 22.0. The summed E-state index contributed by atoms with van der Waals surface area (Å²) < 4.78 is 45.1. The third kappa shape index (κ3) is 9.49. The summed E-state index contributed by atoms with van der Waals surface area (Å²) in [5.74, 6) is 0.0761. The molecule has 2 saturated carbocycles. The average Bonchev–Trinajstić information content (AvgIpc) is 4.01. The Morgan fingerprint density at radius 2 is 1.73 bits per heavy atom. The molecule has 0 spiro atoms. The van der Waals surface area contributed by atoms with Gasteiger partial charge in [-0.1, -0.05) is 42.3 Å². The zero-order chi connectivity index (χ0) is 53.1. The Bertz CT molecular complexity index is 3310. The molecule has 19 heteroatoms. The van der Waals surface area contributed by atoms with E-state index in [2.05, 4.69) is 43.2 Å². The van der Waals surface area contributed by atoms with Gasteiger partial charge in [-0.15, -0.1) is 6.42 Å². The number of allylic oxidation sites excluding steroid dienone is 1. The lowest BCUT2D eigenvalue weighted by molar-refractivity contribution is -0.136. The summed E-state index contributed by atoms with van der Waals surface area (Å²) in [6.45, 7) is 10.0. The van der Waals surface area contributed by atoms with E-state index in [0.29, 0.717) is 98.8 Å². The predicted octanol–water partition coefficient (Wildman–Crippen LogP) is 6.83. The molecule has 17 nitrogen and oxygen atoms in total. The van der Waals surface area contributed by atoms with Crippen molar-refractivity contribution < 1.29 is 42.2 Å². The summed E-state index contributed by atoms with van der Waals surface area (Å²) in [5.41, 5.74) is 2.50. The molecule has 3 aromatic carbocycles. The van der Waals surface area contributed by atoms with Crippen LogP contribution in [-0.4, -0.2) is 143 Å². The van der Waals surface area contributed by atoms with E-state index in [1.165, 1.54) is 11.6 Å². The molecule has 2 bridgehead atoms. The first kappa shape index (κ1) is 50.3. The van der Waals surface area contributed by atoms with Gasteiger partial charge in [-0.2, -0.15) is 9.97 Å². The molecular weight excluding hydrogens is 987 g/mol. The topological polar surface area (TPSA) is 192 Å². The van der Waals surface area contributed by atoms with Crippen molar-refractivity contribution >= 4 is 62.9 Å². The molecule has 6 fully saturated rings. The SMILES string of the molecule is C#Cc1c(F)ccc2cccc(-c3ncc4c(N5CC6CCC(C5)N6)nc(OC[C@@]56CC[C@@H](COC(=O)N7CCN(CCNc8ccc9c(c8)C(=O)N(C8CCC(=O)NC8=O)C9=O)CC7)CCC5CC(=C)C6)nc4c3F)c12. The maximum Gasteiger partial charge on any atom is 0.409 e. The van der Waals surface area contributed by atoms with E-state index in [0.717, 1.165) is 56.3 Å². The number of rotatable bonds is 12. The summed E-state index contributed by atoms with van der Waals surface area (Å²) in [4.78, 5) is 85.6. The number of amides is 5. The molecular formula is C58H60F2N10O7. The highest BCUT2D eigenvalue weighted by Crippen LogP contribution is 2.54. The minimum absolute atomic E-state index is 0.00746. The molecule has 5 aromatic rings. The molecule has 398 valence electrons. The molecule has 3 N–H and O–H groups in total. The number of carbonyl (C=O) groups excluding carboxylic acids is 5.